The number of ether oxygens (including phenoxy) is 1. The van der Waals surface area contributed by atoms with Gasteiger partial charge in [0.2, 0.25) is 0 Å². The first-order valence-electron chi connectivity index (χ1n) is 8.99. The van der Waals surface area contributed by atoms with Crippen LogP contribution in [0, 0.1) is 10.1 Å². The van der Waals surface area contributed by atoms with E-state index in [-0.39, 0.29) is 17.0 Å². The maximum Gasteiger partial charge on any atom is 0.324 e. The van der Waals surface area contributed by atoms with Gasteiger partial charge in [0.05, 0.1) is 23.0 Å². The van der Waals surface area contributed by atoms with Crippen molar-refractivity contribution in [2.45, 2.75) is 25.3 Å². The summed E-state index contributed by atoms with van der Waals surface area (Å²) in [7, 11) is 1.64. The highest BCUT2D eigenvalue weighted by atomic mass is 32.1. The van der Waals surface area contributed by atoms with E-state index in [0.29, 0.717) is 11.4 Å². The Bertz CT molecular complexity index is 785. The number of hydrogen-bond donors (Lipinski definition) is 1. The zero-order valence-electron chi connectivity index (χ0n) is 15.2. The van der Waals surface area contributed by atoms with Crippen molar-refractivity contribution in [3.63, 3.8) is 0 Å². The van der Waals surface area contributed by atoms with Crippen molar-refractivity contribution in [1.29, 1.82) is 0 Å². The normalized spacial score (nSPS) is 15.9. The molecule has 7 nitrogen and oxygen atoms in total. The summed E-state index contributed by atoms with van der Waals surface area (Å²) in [6, 6.07) is 10.8. The summed E-state index contributed by atoms with van der Waals surface area (Å²) in [6.07, 6.45) is 3.53. The number of rotatable bonds is 7. The molecule has 0 spiro atoms. The number of nitro groups is 1. The van der Waals surface area contributed by atoms with Gasteiger partial charge in [0.25, 0.3) is 5.91 Å². The number of nitrogens with zero attached hydrogens (tertiary/aromatic N) is 2. The van der Waals surface area contributed by atoms with E-state index in [1.165, 1.54) is 18.6 Å². The van der Waals surface area contributed by atoms with Gasteiger partial charge in [-0.05, 0) is 49.7 Å². The van der Waals surface area contributed by atoms with Crippen LogP contribution in [0.15, 0.2) is 36.4 Å². The minimum atomic E-state index is -0.477. The molecule has 1 fully saturated rings. The lowest BCUT2D eigenvalue weighted by atomic mass is 10.0. The molecule has 0 unspecified atom stereocenters. The minimum absolute atomic E-state index is 0.0251. The Morgan fingerprint density at radius 1 is 1.22 bits per heavy atom. The van der Waals surface area contributed by atoms with Crippen LogP contribution < -0.4 is 10.1 Å². The predicted octanol–water partition coefficient (Wildman–Crippen LogP) is 3.62. The van der Waals surface area contributed by atoms with Crippen LogP contribution in [0.25, 0.3) is 0 Å². The molecule has 3 rings (SSSR count). The molecule has 0 saturated carbocycles. The molecule has 1 N–H and O–H groups in total. The van der Waals surface area contributed by atoms with Gasteiger partial charge in [-0.15, -0.1) is 0 Å². The molecule has 1 aromatic heterocycles. The third-order valence-electron chi connectivity index (χ3n) is 4.78. The summed E-state index contributed by atoms with van der Waals surface area (Å²) >= 11 is 0.896. The van der Waals surface area contributed by atoms with Gasteiger partial charge < -0.3 is 10.1 Å². The molecule has 1 aliphatic rings. The van der Waals surface area contributed by atoms with Gasteiger partial charge in [-0.2, -0.15) is 0 Å². The molecule has 2 aromatic rings. The third-order valence-corrected chi connectivity index (χ3v) is 5.82. The van der Waals surface area contributed by atoms with Crippen LogP contribution in [0.1, 0.15) is 40.5 Å². The highest BCUT2D eigenvalue weighted by molar-refractivity contribution is 7.17. The average Bonchev–Trinajstić information content (AvgIpc) is 3.20. The molecular formula is C19H23N3O4S. The topological polar surface area (TPSA) is 84.7 Å². The van der Waals surface area contributed by atoms with Crippen molar-refractivity contribution in [2.75, 3.05) is 26.7 Å². The number of methoxy groups -OCH3 is 1. The predicted molar refractivity (Wildman–Crippen MR) is 104 cm³/mol. The molecule has 1 aliphatic heterocycles. The Morgan fingerprint density at radius 3 is 2.52 bits per heavy atom. The summed E-state index contributed by atoms with van der Waals surface area (Å²) in [5.41, 5.74) is 1.12. The summed E-state index contributed by atoms with van der Waals surface area (Å²) in [5.74, 6) is 0.523. The van der Waals surface area contributed by atoms with Gasteiger partial charge >= 0.3 is 5.00 Å². The van der Waals surface area contributed by atoms with Crippen LogP contribution in [0.2, 0.25) is 0 Å². The fourth-order valence-electron chi connectivity index (χ4n) is 3.34. The number of carbonyl (C=O) groups is 1. The Hall–Kier alpha value is -2.45. The number of carbonyl (C=O) groups excluding carboxylic acids is 1. The smallest absolute Gasteiger partial charge is 0.324 e. The highest BCUT2D eigenvalue weighted by Gasteiger charge is 2.24. The lowest BCUT2D eigenvalue weighted by Crippen LogP contribution is -2.40. The monoisotopic (exact) mass is 389 g/mol. The van der Waals surface area contributed by atoms with E-state index < -0.39 is 4.92 Å². The summed E-state index contributed by atoms with van der Waals surface area (Å²) in [4.78, 5) is 25.5. The highest BCUT2D eigenvalue weighted by Crippen LogP contribution is 2.27. The number of hydrogen-bond acceptors (Lipinski definition) is 6. The summed E-state index contributed by atoms with van der Waals surface area (Å²) < 4.78 is 5.24. The van der Waals surface area contributed by atoms with Crippen LogP contribution >= 0.6 is 11.3 Å². The maximum absolute atomic E-state index is 12.4. The van der Waals surface area contributed by atoms with Gasteiger partial charge in [-0.1, -0.05) is 29.9 Å². The number of piperidine rings is 1. The standard InChI is InChI=1S/C19H23N3O4S/c1-26-15-7-5-14(6-8-15)16(21-11-3-2-4-12-21)13-20-19(23)17-9-10-18(27-17)22(24)25/h5-10,16H,2-4,11-13H2,1H3,(H,20,23)/t16-/m1/s1. The molecule has 1 saturated heterocycles. The largest absolute Gasteiger partial charge is 0.497 e. The summed E-state index contributed by atoms with van der Waals surface area (Å²) in [6.45, 7) is 2.45. The van der Waals surface area contributed by atoms with Gasteiger partial charge in [0.15, 0.2) is 0 Å². The molecule has 0 radical (unpaired) electrons. The number of benzene rings is 1. The van der Waals surface area contributed by atoms with Crippen LogP contribution in [0.3, 0.4) is 0 Å². The Morgan fingerprint density at radius 2 is 1.93 bits per heavy atom. The lowest BCUT2D eigenvalue weighted by molar-refractivity contribution is -0.380. The van der Waals surface area contributed by atoms with Gasteiger partial charge in [-0.3, -0.25) is 19.8 Å². The SMILES string of the molecule is COc1ccc([C@@H](CNC(=O)c2ccc([N+](=O)[O-])s2)N2CCCCC2)cc1. The van der Waals surface area contributed by atoms with Crippen molar-refractivity contribution in [1.82, 2.24) is 10.2 Å². The second-order valence-electron chi connectivity index (χ2n) is 6.49. The third kappa shape index (κ3) is 4.84. The molecule has 1 atom stereocenters. The van der Waals surface area contributed by atoms with E-state index in [1.807, 2.05) is 24.3 Å². The fraction of sp³-hybridized carbons (Fsp3) is 0.421. The molecule has 1 aromatic carbocycles. The van der Waals surface area contributed by atoms with Crippen LogP contribution in [0.5, 0.6) is 5.75 Å². The molecule has 27 heavy (non-hydrogen) atoms. The van der Waals surface area contributed by atoms with Crippen molar-refractivity contribution in [3.05, 3.63) is 57.0 Å². The molecule has 144 valence electrons. The van der Waals surface area contributed by atoms with Crippen LogP contribution in [-0.4, -0.2) is 42.5 Å². The quantitative estimate of drug-likeness (QED) is 0.577. The van der Waals surface area contributed by atoms with Crippen molar-refractivity contribution < 1.29 is 14.5 Å². The lowest BCUT2D eigenvalue weighted by Gasteiger charge is -2.35. The first-order chi connectivity index (χ1) is 13.1. The molecule has 8 heteroatoms. The van der Waals surface area contributed by atoms with E-state index >= 15 is 0 Å². The van der Waals surface area contributed by atoms with Gasteiger partial charge in [0, 0.05) is 12.6 Å². The Kier molecular flexibility index (Phi) is 6.41. The maximum atomic E-state index is 12.4. The number of nitrogens with one attached hydrogen (secondary N) is 1. The summed E-state index contributed by atoms with van der Waals surface area (Å²) in [5, 5.41) is 13.7. The number of amides is 1. The number of likely N-dealkylation sites (tertiary alicyclic amines) is 1. The van der Waals surface area contributed by atoms with Gasteiger partial charge in [-0.25, -0.2) is 0 Å². The van der Waals surface area contributed by atoms with Crippen molar-refractivity contribution in [3.8, 4) is 5.75 Å². The molecule has 0 aliphatic carbocycles. The average molecular weight is 389 g/mol. The first kappa shape index (κ1) is 19.3. The molecular weight excluding hydrogens is 366 g/mol. The Balaban J connectivity index is 1.71. The second-order valence-corrected chi connectivity index (χ2v) is 7.55. The van der Waals surface area contributed by atoms with E-state index in [2.05, 4.69) is 10.2 Å². The first-order valence-corrected chi connectivity index (χ1v) is 9.80. The van der Waals surface area contributed by atoms with E-state index in [4.69, 9.17) is 4.74 Å². The van der Waals surface area contributed by atoms with E-state index in [0.717, 1.165) is 48.6 Å². The second kappa shape index (κ2) is 8.96. The van der Waals surface area contributed by atoms with E-state index in [9.17, 15) is 14.9 Å². The van der Waals surface area contributed by atoms with Crippen molar-refractivity contribution in [2.24, 2.45) is 0 Å². The molecule has 1 amide bonds. The minimum Gasteiger partial charge on any atom is -0.497 e. The number of thiophene rings is 1. The van der Waals surface area contributed by atoms with Crippen molar-refractivity contribution >= 4 is 22.2 Å². The van der Waals surface area contributed by atoms with Crippen LogP contribution in [-0.2, 0) is 0 Å². The zero-order chi connectivity index (χ0) is 19.2. The van der Waals surface area contributed by atoms with Gasteiger partial charge in [0.1, 0.15) is 5.75 Å². The fourth-order valence-corrected chi connectivity index (χ4v) is 4.08. The molecule has 0 bridgehead atoms. The van der Waals surface area contributed by atoms with Crippen LogP contribution in [0.4, 0.5) is 5.00 Å². The molecule has 2 heterocycles. The zero-order valence-corrected chi connectivity index (χ0v) is 16.0. The Labute approximate surface area is 162 Å². The van der Waals surface area contributed by atoms with E-state index in [1.54, 1.807) is 7.11 Å².